The fraction of sp³-hybridized carbons (Fsp3) is 0.143. The number of benzene rings is 1. The third-order valence-electron chi connectivity index (χ3n) is 2.41. The molecular weight excluding hydrogens is 231 g/mol. The third-order valence-corrected chi connectivity index (χ3v) is 2.41. The van der Waals surface area contributed by atoms with E-state index < -0.39 is 0 Å². The number of pyridine rings is 1. The van der Waals surface area contributed by atoms with Crippen molar-refractivity contribution in [1.82, 2.24) is 4.98 Å². The van der Waals surface area contributed by atoms with Gasteiger partial charge in [0.2, 0.25) is 5.88 Å². The number of rotatable bonds is 2. The van der Waals surface area contributed by atoms with Crippen LogP contribution in [0.15, 0.2) is 30.3 Å². The molecule has 0 saturated carbocycles. The Morgan fingerprint density at radius 1 is 1.22 bits per heavy atom. The molecule has 0 aliphatic rings. The summed E-state index contributed by atoms with van der Waals surface area (Å²) in [5.41, 5.74) is 1.68. The van der Waals surface area contributed by atoms with Crippen LogP contribution in [0.4, 0.5) is 4.39 Å². The van der Waals surface area contributed by atoms with E-state index in [1.807, 2.05) is 6.07 Å². The van der Waals surface area contributed by atoms with Crippen molar-refractivity contribution in [3.8, 4) is 17.7 Å². The highest BCUT2D eigenvalue weighted by Gasteiger charge is 2.04. The number of ether oxygens (including phenoxy) is 1. The lowest BCUT2D eigenvalue weighted by molar-refractivity contribution is 0.459. The Bertz CT molecular complexity index is 632. The zero-order chi connectivity index (χ0) is 13.1. The average Bonchev–Trinajstić information content (AvgIpc) is 2.33. The van der Waals surface area contributed by atoms with Crippen molar-refractivity contribution in [3.05, 3.63) is 53.0 Å². The lowest BCUT2D eigenvalue weighted by Crippen LogP contribution is -1.92. The van der Waals surface area contributed by atoms with Crippen LogP contribution in [0.25, 0.3) is 0 Å². The molecule has 0 bridgehead atoms. The minimum Gasteiger partial charge on any atom is -0.439 e. The fourth-order valence-corrected chi connectivity index (χ4v) is 1.56. The molecule has 90 valence electrons. The van der Waals surface area contributed by atoms with Gasteiger partial charge in [-0.05, 0) is 43.7 Å². The van der Waals surface area contributed by atoms with E-state index in [9.17, 15) is 4.39 Å². The molecule has 2 aromatic rings. The molecule has 0 spiro atoms. The number of aryl methyl sites for hydroxylation is 2. The molecule has 0 unspecified atom stereocenters. The van der Waals surface area contributed by atoms with E-state index in [0.29, 0.717) is 28.5 Å². The first-order valence-corrected chi connectivity index (χ1v) is 5.41. The van der Waals surface area contributed by atoms with Gasteiger partial charge < -0.3 is 4.74 Å². The summed E-state index contributed by atoms with van der Waals surface area (Å²) in [6.45, 7) is 3.44. The zero-order valence-corrected chi connectivity index (χ0v) is 10.1. The first-order chi connectivity index (χ1) is 8.58. The van der Waals surface area contributed by atoms with Crippen LogP contribution >= 0.6 is 0 Å². The molecule has 18 heavy (non-hydrogen) atoms. The Balaban J connectivity index is 2.31. The molecule has 0 aliphatic heterocycles. The van der Waals surface area contributed by atoms with Gasteiger partial charge in [-0.2, -0.15) is 5.26 Å². The molecule has 4 heteroatoms. The maximum atomic E-state index is 13.1. The van der Waals surface area contributed by atoms with Crippen molar-refractivity contribution in [1.29, 1.82) is 5.26 Å². The molecule has 0 radical (unpaired) electrons. The van der Waals surface area contributed by atoms with E-state index in [-0.39, 0.29) is 5.82 Å². The van der Waals surface area contributed by atoms with Gasteiger partial charge in [-0.3, -0.25) is 0 Å². The number of hydrogen-bond donors (Lipinski definition) is 0. The van der Waals surface area contributed by atoms with Gasteiger partial charge >= 0.3 is 0 Å². The van der Waals surface area contributed by atoms with Crippen molar-refractivity contribution in [2.75, 3.05) is 0 Å². The van der Waals surface area contributed by atoms with Gasteiger partial charge in [0.15, 0.2) is 0 Å². The summed E-state index contributed by atoms with van der Waals surface area (Å²) in [6, 6.07) is 9.71. The van der Waals surface area contributed by atoms with E-state index in [2.05, 4.69) is 4.98 Å². The van der Waals surface area contributed by atoms with Gasteiger partial charge in [0.1, 0.15) is 11.6 Å². The summed E-state index contributed by atoms with van der Waals surface area (Å²) in [5, 5.41) is 8.85. The second kappa shape index (κ2) is 4.84. The predicted molar refractivity (Wildman–Crippen MR) is 64.9 cm³/mol. The van der Waals surface area contributed by atoms with Crippen molar-refractivity contribution < 1.29 is 9.13 Å². The molecular formula is C14H11FN2O. The predicted octanol–water partition coefficient (Wildman–Crippen LogP) is 3.50. The second-order valence-electron chi connectivity index (χ2n) is 3.96. The minimum atomic E-state index is -0.280. The summed E-state index contributed by atoms with van der Waals surface area (Å²) >= 11 is 0. The summed E-state index contributed by atoms with van der Waals surface area (Å²) in [4.78, 5) is 4.16. The Labute approximate surface area is 104 Å². The normalized spacial score (nSPS) is 9.89. The largest absolute Gasteiger partial charge is 0.439 e. The quantitative estimate of drug-likeness (QED) is 0.809. The lowest BCUT2D eigenvalue weighted by atomic mass is 10.2. The molecule has 0 saturated heterocycles. The summed E-state index contributed by atoms with van der Waals surface area (Å²) in [7, 11) is 0. The van der Waals surface area contributed by atoms with Crippen LogP contribution in [0, 0.1) is 31.0 Å². The molecule has 0 atom stereocenters. The number of aromatic nitrogens is 1. The number of nitriles is 1. The first kappa shape index (κ1) is 12.1. The van der Waals surface area contributed by atoms with Crippen molar-refractivity contribution in [2.24, 2.45) is 0 Å². The molecule has 1 aromatic carbocycles. The van der Waals surface area contributed by atoms with E-state index in [4.69, 9.17) is 10.00 Å². The maximum absolute atomic E-state index is 13.1. The Kier molecular flexibility index (Phi) is 3.24. The van der Waals surface area contributed by atoms with Gasteiger partial charge in [-0.1, -0.05) is 0 Å². The molecule has 2 rings (SSSR count). The van der Waals surface area contributed by atoms with Crippen molar-refractivity contribution in [3.63, 3.8) is 0 Å². The van der Waals surface area contributed by atoms with Gasteiger partial charge in [0.25, 0.3) is 0 Å². The second-order valence-corrected chi connectivity index (χ2v) is 3.96. The lowest BCUT2D eigenvalue weighted by Gasteiger charge is -2.07. The summed E-state index contributed by atoms with van der Waals surface area (Å²) in [6.07, 6.45) is 0. The summed E-state index contributed by atoms with van der Waals surface area (Å²) in [5.74, 6) is 0.547. The maximum Gasteiger partial charge on any atom is 0.220 e. The fourth-order valence-electron chi connectivity index (χ4n) is 1.56. The summed E-state index contributed by atoms with van der Waals surface area (Å²) < 4.78 is 18.6. The smallest absolute Gasteiger partial charge is 0.220 e. The van der Waals surface area contributed by atoms with E-state index >= 15 is 0 Å². The standard InChI is InChI=1S/C14H11FN2O/c1-9-5-12(3-4-13(9)15)18-14-7-11(8-16)6-10(2)17-14/h3-7H,1-2H3. The molecule has 0 amide bonds. The SMILES string of the molecule is Cc1cc(C#N)cc(Oc2ccc(F)c(C)c2)n1. The molecule has 3 nitrogen and oxygen atoms in total. The van der Waals surface area contributed by atoms with Crippen molar-refractivity contribution in [2.45, 2.75) is 13.8 Å². The highest BCUT2D eigenvalue weighted by Crippen LogP contribution is 2.23. The third kappa shape index (κ3) is 2.64. The number of hydrogen-bond acceptors (Lipinski definition) is 3. The molecule has 0 fully saturated rings. The van der Waals surface area contributed by atoms with E-state index in [1.165, 1.54) is 12.1 Å². The highest BCUT2D eigenvalue weighted by atomic mass is 19.1. The monoisotopic (exact) mass is 242 g/mol. The van der Waals surface area contributed by atoms with Crippen LogP contribution in [0.1, 0.15) is 16.8 Å². The molecule has 1 heterocycles. The first-order valence-electron chi connectivity index (χ1n) is 5.41. The Morgan fingerprint density at radius 2 is 2.00 bits per heavy atom. The van der Waals surface area contributed by atoms with Crippen molar-refractivity contribution >= 4 is 0 Å². The average molecular weight is 242 g/mol. The zero-order valence-electron chi connectivity index (χ0n) is 10.1. The van der Waals surface area contributed by atoms with Crippen LogP contribution in [-0.2, 0) is 0 Å². The molecule has 0 aliphatic carbocycles. The van der Waals surface area contributed by atoms with Crippen LogP contribution in [0.3, 0.4) is 0 Å². The van der Waals surface area contributed by atoms with Crippen LogP contribution in [-0.4, -0.2) is 4.98 Å². The van der Waals surface area contributed by atoms with Gasteiger partial charge in [-0.15, -0.1) is 0 Å². The number of halogens is 1. The van der Waals surface area contributed by atoms with Gasteiger partial charge in [0, 0.05) is 11.8 Å². The van der Waals surface area contributed by atoms with Gasteiger partial charge in [-0.25, -0.2) is 9.37 Å². The van der Waals surface area contributed by atoms with Crippen LogP contribution in [0.5, 0.6) is 11.6 Å². The highest BCUT2D eigenvalue weighted by molar-refractivity contribution is 5.37. The van der Waals surface area contributed by atoms with E-state index in [0.717, 1.165) is 0 Å². The van der Waals surface area contributed by atoms with Gasteiger partial charge in [0.05, 0.1) is 11.6 Å². The number of nitrogens with zero attached hydrogens (tertiary/aromatic N) is 2. The van der Waals surface area contributed by atoms with Crippen LogP contribution in [0.2, 0.25) is 0 Å². The van der Waals surface area contributed by atoms with E-state index in [1.54, 1.807) is 32.0 Å². The van der Waals surface area contributed by atoms with Crippen LogP contribution < -0.4 is 4.74 Å². The molecule has 0 N–H and O–H groups in total. The molecule has 1 aromatic heterocycles. The Hall–Kier alpha value is -2.41. The topological polar surface area (TPSA) is 45.9 Å². The minimum absolute atomic E-state index is 0.280. The Morgan fingerprint density at radius 3 is 2.67 bits per heavy atom.